The summed E-state index contributed by atoms with van der Waals surface area (Å²) in [6.07, 6.45) is 1.80. The lowest BCUT2D eigenvalue weighted by Crippen LogP contribution is -2.41. The highest BCUT2D eigenvalue weighted by atomic mass is 32.1. The summed E-state index contributed by atoms with van der Waals surface area (Å²) in [6.45, 7) is 1.76. The summed E-state index contributed by atoms with van der Waals surface area (Å²) in [6, 6.07) is 9.84. The number of halogens is 1. The van der Waals surface area contributed by atoms with Crippen molar-refractivity contribution < 1.29 is 9.18 Å². The molecule has 1 saturated heterocycles. The van der Waals surface area contributed by atoms with E-state index in [4.69, 9.17) is 0 Å². The van der Waals surface area contributed by atoms with Crippen molar-refractivity contribution in [1.29, 1.82) is 0 Å². The van der Waals surface area contributed by atoms with Crippen LogP contribution in [0, 0.1) is 11.7 Å². The molecule has 0 bridgehead atoms. The van der Waals surface area contributed by atoms with Crippen molar-refractivity contribution in [3.8, 4) is 5.00 Å². The Labute approximate surface area is 165 Å². The molecule has 4 rings (SSSR count). The summed E-state index contributed by atoms with van der Waals surface area (Å²) in [5.74, 6) is -0.0562. The van der Waals surface area contributed by atoms with Crippen molar-refractivity contribution in [2.75, 3.05) is 13.1 Å². The first-order chi connectivity index (χ1) is 13.6. The monoisotopic (exact) mass is 401 g/mol. The number of aromatic nitrogens is 4. The molecule has 0 aliphatic carbocycles. The number of nitrogens with zero attached hydrogens (tertiary/aromatic N) is 5. The number of amides is 1. The first-order valence-electron chi connectivity index (χ1n) is 9.19. The number of hydrogen-bond acceptors (Lipinski definition) is 5. The van der Waals surface area contributed by atoms with Gasteiger partial charge >= 0.3 is 5.69 Å². The van der Waals surface area contributed by atoms with Gasteiger partial charge in [0.05, 0.1) is 13.0 Å². The Kier molecular flexibility index (Phi) is 5.34. The molecule has 3 aromatic rings. The maximum Gasteiger partial charge on any atom is 0.369 e. The standard InChI is InChI=1S/C19H20FN5O2S/c20-16-4-1-3-15(11-16)12-17(26)23-8-6-14(7-9-23)13-24-19(27)25(22-21-24)18-5-2-10-28-18/h1-5,10-11,14H,6-9,12-13H2. The van der Waals surface area contributed by atoms with E-state index in [1.807, 2.05) is 22.4 Å². The van der Waals surface area contributed by atoms with E-state index < -0.39 is 0 Å². The van der Waals surface area contributed by atoms with E-state index in [-0.39, 0.29) is 29.8 Å². The molecule has 0 spiro atoms. The molecule has 1 fully saturated rings. The molecule has 0 unspecified atom stereocenters. The zero-order valence-electron chi connectivity index (χ0n) is 15.2. The third-order valence-electron chi connectivity index (χ3n) is 5.00. The number of piperidine rings is 1. The van der Waals surface area contributed by atoms with E-state index in [0.29, 0.717) is 25.2 Å². The molecule has 1 aliphatic rings. The molecule has 0 radical (unpaired) electrons. The van der Waals surface area contributed by atoms with Crippen molar-refractivity contribution >= 4 is 17.2 Å². The summed E-state index contributed by atoms with van der Waals surface area (Å²) in [5, 5.41) is 10.6. The molecule has 3 heterocycles. The average molecular weight is 401 g/mol. The largest absolute Gasteiger partial charge is 0.369 e. The molecule has 1 aromatic carbocycles. The number of tetrazole rings is 1. The minimum absolute atomic E-state index is 0.00450. The van der Waals surface area contributed by atoms with Crippen LogP contribution >= 0.6 is 11.3 Å². The first-order valence-corrected chi connectivity index (χ1v) is 10.1. The van der Waals surface area contributed by atoms with Crippen LogP contribution in [-0.2, 0) is 17.8 Å². The molecule has 0 atom stereocenters. The van der Waals surface area contributed by atoms with E-state index in [9.17, 15) is 14.0 Å². The molecule has 28 heavy (non-hydrogen) atoms. The predicted octanol–water partition coefficient (Wildman–Crippen LogP) is 2.11. The summed E-state index contributed by atoms with van der Waals surface area (Å²) in [5.41, 5.74) is 0.441. The number of rotatable bonds is 5. The third-order valence-corrected chi connectivity index (χ3v) is 5.84. The van der Waals surface area contributed by atoms with Gasteiger partial charge in [-0.05, 0) is 64.4 Å². The summed E-state index contributed by atoms with van der Waals surface area (Å²) >= 11 is 1.43. The summed E-state index contributed by atoms with van der Waals surface area (Å²) in [7, 11) is 0. The van der Waals surface area contributed by atoms with E-state index in [2.05, 4.69) is 10.4 Å². The van der Waals surface area contributed by atoms with Crippen LogP contribution in [0.4, 0.5) is 4.39 Å². The molecule has 0 saturated carbocycles. The molecule has 9 heteroatoms. The van der Waals surface area contributed by atoms with Gasteiger partial charge in [0, 0.05) is 13.1 Å². The van der Waals surface area contributed by atoms with Gasteiger partial charge in [-0.2, -0.15) is 9.36 Å². The minimum atomic E-state index is -0.329. The van der Waals surface area contributed by atoms with Crippen LogP contribution in [0.25, 0.3) is 5.00 Å². The van der Waals surface area contributed by atoms with Crippen LogP contribution in [0.5, 0.6) is 0 Å². The van der Waals surface area contributed by atoms with Crippen LogP contribution in [0.15, 0.2) is 46.6 Å². The fourth-order valence-electron chi connectivity index (χ4n) is 3.46. The smallest absolute Gasteiger partial charge is 0.342 e. The topological polar surface area (TPSA) is 73.0 Å². The van der Waals surface area contributed by atoms with Crippen LogP contribution in [0.2, 0.25) is 0 Å². The molecule has 0 N–H and O–H groups in total. The highest BCUT2D eigenvalue weighted by Crippen LogP contribution is 2.19. The van der Waals surface area contributed by atoms with E-state index in [0.717, 1.165) is 17.8 Å². The maximum atomic E-state index is 13.3. The number of thiophene rings is 1. The lowest BCUT2D eigenvalue weighted by molar-refractivity contribution is -0.131. The van der Waals surface area contributed by atoms with Gasteiger partial charge in [0.15, 0.2) is 0 Å². The van der Waals surface area contributed by atoms with Crippen molar-refractivity contribution in [2.24, 2.45) is 5.92 Å². The van der Waals surface area contributed by atoms with Gasteiger partial charge in [-0.25, -0.2) is 9.18 Å². The van der Waals surface area contributed by atoms with Gasteiger partial charge in [0.25, 0.3) is 0 Å². The molecule has 2 aromatic heterocycles. The quantitative estimate of drug-likeness (QED) is 0.656. The van der Waals surface area contributed by atoms with E-state index in [1.54, 1.807) is 12.1 Å². The van der Waals surface area contributed by atoms with Crippen molar-refractivity contribution in [1.82, 2.24) is 24.7 Å². The molecule has 146 valence electrons. The second kappa shape index (κ2) is 8.05. The second-order valence-corrected chi connectivity index (χ2v) is 7.86. The van der Waals surface area contributed by atoms with Crippen LogP contribution in [0.3, 0.4) is 0 Å². The molecular weight excluding hydrogens is 381 g/mol. The van der Waals surface area contributed by atoms with Gasteiger partial charge in [-0.15, -0.1) is 11.3 Å². The van der Waals surface area contributed by atoms with Gasteiger partial charge in [0.2, 0.25) is 5.91 Å². The maximum absolute atomic E-state index is 13.3. The summed E-state index contributed by atoms with van der Waals surface area (Å²) < 4.78 is 16.0. The Hall–Kier alpha value is -2.81. The Morgan fingerprint density at radius 1 is 1.18 bits per heavy atom. The second-order valence-electron chi connectivity index (χ2n) is 6.94. The van der Waals surface area contributed by atoms with Gasteiger partial charge in [-0.3, -0.25) is 4.79 Å². The molecular formula is C19H20FN5O2S. The Morgan fingerprint density at radius 3 is 2.71 bits per heavy atom. The number of benzene rings is 1. The fourth-order valence-corrected chi connectivity index (χ4v) is 4.13. The number of carbonyl (C=O) groups is 1. The Balaban J connectivity index is 1.32. The zero-order valence-corrected chi connectivity index (χ0v) is 16.0. The Morgan fingerprint density at radius 2 is 2.00 bits per heavy atom. The first kappa shape index (κ1) is 18.5. The predicted molar refractivity (Wildman–Crippen MR) is 103 cm³/mol. The van der Waals surface area contributed by atoms with Crippen molar-refractivity contribution in [3.63, 3.8) is 0 Å². The Bertz CT molecular complexity index is 1010. The average Bonchev–Trinajstić information content (AvgIpc) is 3.33. The summed E-state index contributed by atoms with van der Waals surface area (Å²) in [4.78, 5) is 26.7. The van der Waals surface area contributed by atoms with Crippen LogP contribution in [-0.4, -0.2) is 43.7 Å². The number of hydrogen-bond donors (Lipinski definition) is 0. The van der Waals surface area contributed by atoms with E-state index in [1.165, 1.54) is 32.8 Å². The van der Waals surface area contributed by atoms with Gasteiger partial charge in [0.1, 0.15) is 10.8 Å². The molecule has 1 amide bonds. The third kappa shape index (κ3) is 4.04. The molecule has 1 aliphatic heterocycles. The lowest BCUT2D eigenvalue weighted by atomic mass is 9.96. The SMILES string of the molecule is O=C(Cc1cccc(F)c1)N1CCC(Cn2nnn(-c3cccs3)c2=O)CC1. The number of likely N-dealkylation sites (tertiary alicyclic amines) is 1. The minimum Gasteiger partial charge on any atom is -0.342 e. The fraction of sp³-hybridized carbons (Fsp3) is 0.368. The normalized spacial score (nSPS) is 15.1. The van der Waals surface area contributed by atoms with E-state index >= 15 is 0 Å². The zero-order chi connectivity index (χ0) is 19.5. The highest BCUT2D eigenvalue weighted by Gasteiger charge is 2.24. The van der Waals surface area contributed by atoms with Gasteiger partial charge in [-0.1, -0.05) is 12.1 Å². The lowest BCUT2D eigenvalue weighted by Gasteiger charge is -2.31. The van der Waals surface area contributed by atoms with Gasteiger partial charge < -0.3 is 4.90 Å². The van der Waals surface area contributed by atoms with Crippen LogP contribution < -0.4 is 5.69 Å². The van der Waals surface area contributed by atoms with Crippen LogP contribution in [0.1, 0.15) is 18.4 Å². The number of carbonyl (C=O) groups excluding carboxylic acids is 1. The van der Waals surface area contributed by atoms with Crippen molar-refractivity contribution in [3.05, 3.63) is 63.6 Å². The highest BCUT2D eigenvalue weighted by molar-refractivity contribution is 7.12. The van der Waals surface area contributed by atoms with Crippen molar-refractivity contribution in [2.45, 2.75) is 25.8 Å². The molecule has 7 nitrogen and oxygen atoms in total.